The molecule has 4 heteroatoms. The van der Waals surface area contributed by atoms with E-state index in [0.717, 1.165) is 12.0 Å². The molecule has 4 nitrogen and oxygen atoms in total. The third kappa shape index (κ3) is 1.54. The van der Waals surface area contributed by atoms with E-state index < -0.39 is 5.41 Å². The molecule has 106 valence electrons. The smallest absolute Gasteiger partial charge is 0.239 e. The van der Waals surface area contributed by atoms with Gasteiger partial charge in [-0.05, 0) is 37.0 Å². The van der Waals surface area contributed by atoms with Crippen LogP contribution in [0.15, 0.2) is 24.3 Å². The van der Waals surface area contributed by atoms with E-state index in [4.69, 9.17) is 5.73 Å². The zero-order chi connectivity index (χ0) is 14.5. The second-order valence-electron chi connectivity index (χ2n) is 6.38. The molecule has 3 fully saturated rings. The van der Waals surface area contributed by atoms with Gasteiger partial charge in [0.1, 0.15) is 0 Å². The highest BCUT2D eigenvalue weighted by Gasteiger charge is 2.67. The van der Waals surface area contributed by atoms with Crippen molar-refractivity contribution in [3.8, 4) is 0 Å². The number of nitrogens with two attached hydrogens (primary N) is 1. The summed E-state index contributed by atoms with van der Waals surface area (Å²) < 4.78 is 0. The van der Waals surface area contributed by atoms with Crippen molar-refractivity contribution in [1.82, 2.24) is 4.90 Å². The van der Waals surface area contributed by atoms with E-state index in [2.05, 4.69) is 0 Å². The number of nitrogens with zero attached hydrogens (tertiary/aromatic N) is 1. The molecule has 0 aromatic heterocycles. The molecule has 0 radical (unpaired) electrons. The normalized spacial score (nSPS) is 32.2. The average Bonchev–Trinajstić information content (AvgIpc) is 2.39. The first kappa shape index (κ1) is 13.2. The number of hydrogen-bond donors (Lipinski definition) is 1. The van der Waals surface area contributed by atoms with Crippen LogP contribution >= 0.6 is 0 Å². The molecule has 2 heterocycles. The lowest BCUT2D eigenvalue weighted by molar-refractivity contribution is -0.179. The van der Waals surface area contributed by atoms with Gasteiger partial charge in [0.15, 0.2) is 0 Å². The fourth-order valence-corrected chi connectivity index (χ4v) is 3.82. The predicted octanol–water partition coefficient (Wildman–Crippen LogP) is 2.09. The molecule has 2 aliphatic heterocycles. The number of hydrogen-bond acceptors (Lipinski definition) is 3. The first-order chi connectivity index (χ1) is 9.43. The van der Waals surface area contributed by atoms with Gasteiger partial charge < -0.3 is 5.73 Å². The third-order valence-electron chi connectivity index (χ3n) is 4.71. The molecule has 2 N–H and O–H groups in total. The Balaban J connectivity index is 2.01. The Morgan fingerprint density at radius 2 is 1.75 bits per heavy atom. The van der Waals surface area contributed by atoms with Gasteiger partial charge in [0.2, 0.25) is 11.8 Å². The third-order valence-corrected chi connectivity index (χ3v) is 4.71. The highest BCUT2D eigenvalue weighted by molar-refractivity contribution is 6.09. The molecule has 3 aliphatic rings. The molecule has 4 rings (SSSR count). The minimum Gasteiger partial charge on any atom is -0.399 e. The fourth-order valence-electron chi connectivity index (χ4n) is 3.82. The molecule has 2 saturated heterocycles. The van der Waals surface area contributed by atoms with Crippen LogP contribution in [0, 0.1) is 5.41 Å². The van der Waals surface area contributed by atoms with Crippen LogP contribution in [-0.2, 0) is 15.0 Å². The average molecular weight is 272 g/mol. The quantitative estimate of drug-likeness (QED) is 0.677. The zero-order valence-electron chi connectivity index (χ0n) is 12.0. The van der Waals surface area contributed by atoms with Gasteiger partial charge in [-0.25, -0.2) is 0 Å². The fraction of sp³-hybridized carbons (Fsp3) is 0.500. The number of fused-ring (bicyclic) bond motifs is 2. The van der Waals surface area contributed by atoms with Crippen LogP contribution in [0.2, 0.25) is 0 Å². The van der Waals surface area contributed by atoms with Crippen molar-refractivity contribution < 1.29 is 9.59 Å². The number of piperidine rings is 2. The van der Waals surface area contributed by atoms with Crippen LogP contribution in [-0.4, -0.2) is 23.3 Å². The number of carbonyl (C=O) groups is 2. The van der Waals surface area contributed by atoms with Crippen molar-refractivity contribution in [2.24, 2.45) is 5.41 Å². The summed E-state index contributed by atoms with van der Waals surface area (Å²) in [5.41, 5.74) is 6.52. The Morgan fingerprint density at radius 1 is 1.15 bits per heavy atom. The van der Waals surface area contributed by atoms with Gasteiger partial charge in [-0.1, -0.05) is 26.0 Å². The maximum atomic E-state index is 12.8. The number of anilines is 1. The highest BCUT2D eigenvalue weighted by Crippen LogP contribution is 2.60. The van der Waals surface area contributed by atoms with E-state index in [0.29, 0.717) is 25.1 Å². The summed E-state index contributed by atoms with van der Waals surface area (Å²) >= 11 is 0. The summed E-state index contributed by atoms with van der Waals surface area (Å²) in [5.74, 6) is -0.0282. The van der Waals surface area contributed by atoms with Gasteiger partial charge in [0.25, 0.3) is 0 Å². The standard InChI is InChI=1S/C16H20N2O2/c1-3-8-18-13(19)15(2)9-16(10-15,14(18)20)11-4-6-12(17)7-5-11/h4-7H,3,8-10,17H2,1-2H3. The number of benzene rings is 1. The maximum Gasteiger partial charge on any atom is 0.239 e. The van der Waals surface area contributed by atoms with Crippen LogP contribution in [0.5, 0.6) is 0 Å². The number of nitrogen functional groups attached to an aromatic ring is 1. The minimum atomic E-state index is -0.508. The Morgan fingerprint density at radius 3 is 2.30 bits per heavy atom. The second-order valence-corrected chi connectivity index (χ2v) is 6.38. The van der Waals surface area contributed by atoms with Crippen molar-refractivity contribution >= 4 is 17.5 Å². The van der Waals surface area contributed by atoms with E-state index in [1.54, 1.807) is 0 Å². The molecule has 2 amide bonds. The molecule has 1 aromatic rings. The Bertz CT molecular complexity index is 571. The van der Waals surface area contributed by atoms with Gasteiger partial charge in [-0.2, -0.15) is 0 Å². The SMILES string of the molecule is CCCN1C(=O)C2(C)CC(c3ccc(N)cc3)(C2)C1=O. The van der Waals surface area contributed by atoms with Crippen LogP contribution in [0.3, 0.4) is 0 Å². The van der Waals surface area contributed by atoms with E-state index in [1.165, 1.54) is 4.90 Å². The Labute approximate surface area is 118 Å². The zero-order valence-corrected chi connectivity index (χ0v) is 12.0. The molecule has 0 unspecified atom stereocenters. The molecule has 20 heavy (non-hydrogen) atoms. The summed E-state index contributed by atoms with van der Waals surface area (Å²) in [6.07, 6.45) is 2.05. The maximum absolute atomic E-state index is 12.8. The lowest BCUT2D eigenvalue weighted by Crippen LogP contribution is -2.70. The van der Waals surface area contributed by atoms with Gasteiger partial charge in [0.05, 0.1) is 5.41 Å². The van der Waals surface area contributed by atoms with Crippen LogP contribution in [0.4, 0.5) is 5.69 Å². The minimum absolute atomic E-state index is 0.00155. The summed E-state index contributed by atoms with van der Waals surface area (Å²) in [7, 11) is 0. The monoisotopic (exact) mass is 272 g/mol. The first-order valence-electron chi connectivity index (χ1n) is 7.15. The molecular formula is C16H20N2O2. The lowest BCUT2D eigenvalue weighted by Gasteiger charge is -2.59. The van der Waals surface area contributed by atoms with E-state index in [9.17, 15) is 9.59 Å². The number of carbonyl (C=O) groups excluding carboxylic acids is 2. The summed E-state index contributed by atoms with van der Waals surface area (Å²) in [6, 6.07) is 7.50. The van der Waals surface area contributed by atoms with Crippen LogP contribution < -0.4 is 5.73 Å². The Kier molecular flexibility index (Phi) is 2.68. The van der Waals surface area contributed by atoms with Crippen molar-refractivity contribution in [1.29, 1.82) is 0 Å². The van der Waals surface area contributed by atoms with Crippen molar-refractivity contribution in [2.75, 3.05) is 12.3 Å². The van der Waals surface area contributed by atoms with E-state index >= 15 is 0 Å². The van der Waals surface area contributed by atoms with Crippen molar-refractivity contribution in [3.05, 3.63) is 29.8 Å². The molecule has 1 saturated carbocycles. The van der Waals surface area contributed by atoms with Gasteiger partial charge in [-0.15, -0.1) is 0 Å². The van der Waals surface area contributed by atoms with Crippen LogP contribution in [0.1, 0.15) is 38.7 Å². The largest absolute Gasteiger partial charge is 0.399 e. The van der Waals surface area contributed by atoms with E-state index in [-0.39, 0.29) is 17.2 Å². The Hall–Kier alpha value is -1.84. The van der Waals surface area contributed by atoms with E-state index in [1.807, 2.05) is 38.1 Å². The van der Waals surface area contributed by atoms with Gasteiger partial charge in [0, 0.05) is 17.6 Å². The highest BCUT2D eigenvalue weighted by atomic mass is 16.2. The van der Waals surface area contributed by atoms with Crippen LogP contribution in [0.25, 0.3) is 0 Å². The molecule has 1 aromatic carbocycles. The number of imide groups is 1. The molecule has 0 atom stereocenters. The molecule has 2 bridgehead atoms. The summed E-state index contributed by atoms with van der Waals surface area (Å²) in [5, 5.41) is 0. The molecule has 0 spiro atoms. The van der Waals surface area contributed by atoms with Gasteiger partial charge >= 0.3 is 0 Å². The predicted molar refractivity (Wildman–Crippen MR) is 76.9 cm³/mol. The topological polar surface area (TPSA) is 63.4 Å². The molecular weight excluding hydrogens is 252 g/mol. The second kappa shape index (κ2) is 4.08. The summed E-state index contributed by atoms with van der Waals surface area (Å²) in [4.78, 5) is 26.6. The number of amides is 2. The summed E-state index contributed by atoms with van der Waals surface area (Å²) in [6.45, 7) is 4.48. The van der Waals surface area contributed by atoms with Crippen molar-refractivity contribution in [2.45, 2.75) is 38.5 Å². The molecule has 1 aliphatic carbocycles. The lowest BCUT2D eigenvalue weighted by atomic mass is 9.47. The first-order valence-corrected chi connectivity index (χ1v) is 7.15. The van der Waals surface area contributed by atoms with Crippen molar-refractivity contribution in [3.63, 3.8) is 0 Å². The number of rotatable bonds is 3. The van der Waals surface area contributed by atoms with Gasteiger partial charge in [-0.3, -0.25) is 14.5 Å².